The smallest absolute Gasteiger partial charge is 0.269 e. The molecule has 0 amide bonds. The van der Waals surface area contributed by atoms with Gasteiger partial charge < -0.3 is 10.3 Å². The first-order valence-electron chi connectivity index (χ1n) is 8.36. The van der Waals surface area contributed by atoms with Gasteiger partial charge in [0.25, 0.3) is 5.69 Å². The highest BCUT2D eigenvalue weighted by Gasteiger charge is 2.34. The third-order valence-electron chi connectivity index (χ3n) is 4.51. The molecule has 1 aromatic carbocycles. The first-order chi connectivity index (χ1) is 13.5. The Labute approximate surface area is 169 Å². The summed E-state index contributed by atoms with van der Waals surface area (Å²) in [6.45, 7) is 1.81. The van der Waals surface area contributed by atoms with Gasteiger partial charge in [-0.05, 0) is 42.7 Å². The van der Waals surface area contributed by atoms with Gasteiger partial charge in [0.05, 0.1) is 22.2 Å². The van der Waals surface area contributed by atoms with E-state index in [0.717, 1.165) is 16.2 Å². The number of aryl methyl sites for hydroxylation is 1. The van der Waals surface area contributed by atoms with Gasteiger partial charge >= 0.3 is 0 Å². The van der Waals surface area contributed by atoms with Crippen molar-refractivity contribution in [2.45, 2.75) is 19.4 Å². The Balaban J connectivity index is 1.74. The van der Waals surface area contributed by atoms with Crippen LogP contribution in [0.1, 0.15) is 28.7 Å². The number of nitro groups is 1. The number of aromatic nitrogens is 1. The fraction of sp³-hybridized carbons (Fsp3) is 0.167. The summed E-state index contributed by atoms with van der Waals surface area (Å²) in [4.78, 5) is 11.6. The summed E-state index contributed by atoms with van der Waals surface area (Å²) in [5.74, 6) is 0.613. The monoisotopic (exact) mass is 413 g/mol. The van der Waals surface area contributed by atoms with Crippen molar-refractivity contribution < 1.29 is 9.45 Å². The molecule has 0 saturated carbocycles. The van der Waals surface area contributed by atoms with Crippen LogP contribution in [0.5, 0.6) is 0 Å². The Kier molecular flexibility index (Phi) is 4.65. The van der Waals surface area contributed by atoms with E-state index in [9.17, 15) is 10.1 Å². The number of thiophene rings is 1. The number of hydrogen-bond acceptors (Lipinski definition) is 7. The molecule has 0 aliphatic carbocycles. The predicted molar refractivity (Wildman–Crippen MR) is 110 cm³/mol. The van der Waals surface area contributed by atoms with Crippen LogP contribution in [0, 0.1) is 17.0 Å². The van der Waals surface area contributed by atoms with Crippen LogP contribution in [0.4, 0.5) is 5.69 Å². The second-order valence-corrected chi connectivity index (χ2v) is 7.63. The number of nitrogens with zero attached hydrogens (tertiary/aromatic N) is 4. The summed E-state index contributed by atoms with van der Waals surface area (Å²) < 4.78 is 5.42. The first kappa shape index (κ1) is 18.3. The highest BCUT2D eigenvalue weighted by Crippen LogP contribution is 2.38. The molecule has 1 aliphatic heterocycles. The van der Waals surface area contributed by atoms with Crippen LogP contribution in [-0.2, 0) is 0 Å². The Morgan fingerprint density at radius 2 is 2.14 bits per heavy atom. The molecular formula is C18H15N5O3S2. The standard InChI is InChI=1S/C18H15N5O3S2/c1-10-16(17(21-26-10)11-4-6-12(7-5-11)23(24)25)13-9-14(15-3-2-8-28-15)22(20-13)18(19)27/h2-8,14H,9H2,1H3,(H2,19,27). The van der Waals surface area contributed by atoms with Gasteiger partial charge in [-0.2, -0.15) is 5.10 Å². The predicted octanol–water partition coefficient (Wildman–Crippen LogP) is 4.01. The van der Waals surface area contributed by atoms with Crippen LogP contribution in [0.25, 0.3) is 11.3 Å². The molecule has 142 valence electrons. The van der Waals surface area contributed by atoms with E-state index >= 15 is 0 Å². The number of benzene rings is 1. The number of rotatable bonds is 4. The molecule has 0 saturated heterocycles. The summed E-state index contributed by atoms with van der Waals surface area (Å²) in [6.07, 6.45) is 0.597. The van der Waals surface area contributed by atoms with E-state index in [1.807, 2.05) is 24.4 Å². The molecule has 0 fully saturated rings. The van der Waals surface area contributed by atoms with Crippen molar-refractivity contribution in [3.63, 3.8) is 0 Å². The minimum atomic E-state index is -0.439. The van der Waals surface area contributed by atoms with Gasteiger partial charge in [-0.1, -0.05) is 11.2 Å². The first-order valence-corrected chi connectivity index (χ1v) is 9.65. The molecule has 3 heterocycles. The second kappa shape index (κ2) is 7.13. The normalized spacial score (nSPS) is 16.2. The third kappa shape index (κ3) is 3.16. The van der Waals surface area contributed by atoms with E-state index < -0.39 is 4.92 Å². The molecule has 8 nitrogen and oxygen atoms in total. The SMILES string of the molecule is Cc1onc(-c2ccc([N+](=O)[O-])cc2)c1C1=NN(C(N)=S)C(c2cccs2)C1. The quantitative estimate of drug-likeness (QED) is 0.391. The van der Waals surface area contributed by atoms with Crippen molar-refractivity contribution in [2.75, 3.05) is 0 Å². The van der Waals surface area contributed by atoms with Crippen LogP contribution >= 0.6 is 23.6 Å². The molecular weight excluding hydrogens is 398 g/mol. The minimum Gasteiger partial charge on any atom is -0.375 e. The number of hydrogen-bond donors (Lipinski definition) is 1. The zero-order chi connectivity index (χ0) is 19.8. The minimum absolute atomic E-state index is 0.0149. The van der Waals surface area contributed by atoms with E-state index in [1.165, 1.54) is 12.1 Å². The van der Waals surface area contributed by atoms with Gasteiger partial charge in [-0.25, -0.2) is 5.01 Å². The molecule has 3 aromatic rings. The van der Waals surface area contributed by atoms with Crippen molar-refractivity contribution in [1.82, 2.24) is 10.2 Å². The average Bonchev–Trinajstić information content (AvgIpc) is 3.40. The number of thiocarbonyl (C=S) groups is 1. The molecule has 1 unspecified atom stereocenters. The van der Waals surface area contributed by atoms with Gasteiger partial charge in [-0.15, -0.1) is 11.3 Å². The zero-order valence-corrected chi connectivity index (χ0v) is 16.4. The maximum atomic E-state index is 10.9. The Hall–Kier alpha value is -3.11. The highest BCUT2D eigenvalue weighted by molar-refractivity contribution is 7.80. The second-order valence-electron chi connectivity index (χ2n) is 6.23. The maximum absolute atomic E-state index is 10.9. The summed E-state index contributed by atoms with van der Waals surface area (Å²) in [7, 11) is 0. The van der Waals surface area contributed by atoms with Crippen LogP contribution in [0.2, 0.25) is 0 Å². The molecule has 1 aliphatic rings. The molecule has 2 aromatic heterocycles. The maximum Gasteiger partial charge on any atom is 0.269 e. The van der Waals surface area contributed by atoms with Gasteiger partial charge in [-0.3, -0.25) is 10.1 Å². The summed E-state index contributed by atoms with van der Waals surface area (Å²) in [5.41, 5.74) is 8.72. The van der Waals surface area contributed by atoms with Gasteiger partial charge in [0.1, 0.15) is 11.5 Å². The number of nitrogens with two attached hydrogens (primary N) is 1. The number of nitro benzene ring substituents is 1. The fourth-order valence-corrected chi connectivity index (χ4v) is 4.20. The number of hydrazone groups is 1. The molecule has 0 radical (unpaired) electrons. The molecule has 2 N–H and O–H groups in total. The van der Waals surface area contributed by atoms with Crippen LogP contribution in [0.3, 0.4) is 0 Å². The van der Waals surface area contributed by atoms with E-state index in [0.29, 0.717) is 23.4 Å². The van der Waals surface area contributed by atoms with Gasteiger partial charge in [0.15, 0.2) is 5.11 Å². The topological polar surface area (TPSA) is 111 Å². The van der Waals surface area contributed by atoms with E-state index in [4.69, 9.17) is 22.5 Å². The Morgan fingerprint density at radius 1 is 1.39 bits per heavy atom. The molecule has 0 spiro atoms. The third-order valence-corrected chi connectivity index (χ3v) is 5.67. The van der Waals surface area contributed by atoms with Crippen LogP contribution in [-0.4, -0.2) is 25.9 Å². The lowest BCUT2D eigenvalue weighted by Gasteiger charge is -2.20. The van der Waals surface area contributed by atoms with Gasteiger partial charge in [0, 0.05) is 29.0 Å². The van der Waals surface area contributed by atoms with E-state index in [1.54, 1.807) is 28.5 Å². The lowest BCUT2D eigenvalue weighted by molar-refractivity contribution is -0.384. The van der Waals surface area contributed by atoms with Crippen LogP contribution < -0.4 is 5.73 Å². The van der Waals surface area contributed by atoms with Crippen molar-refractivity contribution in [2.24, 2.45) is 10.8 Å². The van der Waals surface area contributed by atoms with E-state index in [-0.39, 0.29) is 16.8 Å². The summed E-state index contributed by atoms with van der Waals surface area (Å²) in [6, 6.07) is 10.1. The largest absolute Gasteiger partial charge is 0.375 e. The lowest BCUT2D eigenvalue weighted by atomic mass is 9.98. The van der Waals surface area contributed by atoms with Crippen molar-refractivity contribution in [3.8, 4) is 11.3 Å². The molecule has 10 heteroatoms. The summed E-state index contributed by atoms with van der Waals surface area (Å²) in [5, 5.41) is 23.5. The number of non-ortho nitro benzene ring substituents is 1. The van der Waals surface area contributed by atoms with Crippen LogP contribution in [0.15, 0.2) is 51.4 Å². The lowest BCUT2D eigenvalue weighted by Crippen LogP contribution is -2.31. The van der Waals surface area contributed by atoms with Gasteiger partial charge in [0.2, 0.25) is 0 Å². The fourth-order valence-electron chi connectivity index (χ4n) is 3.22. The van der Waals surface area contributed by atoms with E-state index in [2.05, 4.69) is 10.3 Å². The van der Waals surface area contributed by atoms with Crippen molar-refractivity contribution in [1.29, 1.82) is 0 Å². The Bertz CT molecular complexity index is 1070. The van der Waals surface area contributed by atoms with Crippen molar-refractivity contribution >= 4 is 40.1 Å². The molecule has 4 rings (SSSR count). The molecule has 28 heavy (non-hydrogen) atoms. The zero-order valence-electron chi connectivity index (χ0n) is 14.7. The van der Waals surface area contributed by atoms with Crippen molar-refractivity contribution in [3.05, 3.63) is 68.1 Å². The summed E-state index contributed by atoms with van der Waals surface area (Å²) >= 11 is 6.80. The molecule has 0 bridgehead atoms. The Morgan fingerprint density at radius 3 is 2.75 bits per heavy atom. The molecule has 1 atom stereocenters. The highest BCUT2D eigenvalue weighted by atomic mass is 32.1. The average molecular weight is 413 g/mol.